The summed E-state index contributed by atoms with van der Waals surface area (Å²) in [6.07, 6.45) is 0. The normalized spacial score (nSPS) is 11.1. The number of rotatable bonds is 3. The van der Waals surface area contributed by atoms with E-state index in [1.807, 2.05) is 30.6 Å². The highest BCUT2D eigenvalue weighted by Crippen LogP contribution is 2.35. The van der Waals surface area contributed by atoms with Crippen LogP contribution in [0.2, 0.25) is 0 Å². The highest BCUT2D eigenvalue weighted by Gasteiger charge is 2.15. The fourth-order valence-corrected chi connectivity index (χ4v) is 3.07. The molecule has 0 aliphatic heterocycles. The first-order chi connectivity index (χ1) is 9.24. The number of methoxy groups -OCH3 is 1. The molecule has 2 N–H and O–H groups in total. The fraction of sp³-hybridized carbons (Fsp3) is 0.214. The van der Waals surface area contributed by atoms with Gasteiger partial charge < -0.3 is 15.0 Å². The van der Waals surface area contributed by atoms with Gasteiger partial charge in [0.05, 0.1) is 18.1 Å². The summed E-state index contributed by atoms with van der Waals surface area (Å²) in [5, 5.41) is 2.01. The molecule has 0 fully saturated rings. The number of thiophene rings is 1. The first-order valence-corrected chi connectivity index (χ1v) is 6.90. The van der Waals surface area contributed by atoms with Gasteiger partial charge in [-0.25, -0.2) is 4.98 Å². The van der Waals surface area contributed by atoms with Crippen molar-refractivity contribution in [2.24, 2.45) is 12.8 Å². The Kier molecular flexibility index (Phi) is 3.00. The summed E-state index contributed by atoms with van der Waals surface area (Å²) in [5.41, 5.74) is 8.87. The maximum absolute atomic E-state index is 5.69. The van der Waals surface area contributed by atoms with Crippen LogP contribution < -0.4 is 10.5 Å². The molecule has 19 heavy (non-hydrogen) atoms. The Bertz CT molecular complexity index is 729. The van der Waals surface area contributed by atoms with Crippen molar-refractivity contribution in [3.8, 4) is 16.5 Å². The second kappa shape index (κ2) is 4.68. The van der Waals surface area contributed by atoms with Crippen molar-refractivity contribution in [2.45, 2.75) is 6.54 Å². The standard InChI is InChI=1S/C14H15N3OS/c1-17-11-7-9(8-15)3-4-10(11)16-14(17)13-12(18-2)5-6-19-13/h3-7H,8,15H2,1-2H3. The van der Waals surface area contributed by atoms with Gasteiger partial charge in [0.15, 0.2) is 5.82 Å². The number of fused-ring (bicyclic) bond motifs is 1. The van der Waals surface area contributed by atoms with E-state index >= 15 is 0 Å². The first-order valence-electron chi connectivity index (χ1n) is 6.02. The number of aryl methyl sites for hydroxylation is 1. The Morgan fingerprint density at radius 1 is 1.37 bits per heavy atom. The molecule has 2 aromatic heterocycles. The molecule has 5 heteroatoms. The third-order valence-electron chi connectivity index (χ3n) is 3.23. The van der Waals surface area contributed by atoms with E-state index in [1.54, 1.807) is 18.4 Å². The van der Waals surface area contributed by atoms with E-state index in [0.717, 1.165) is 33.0 Å². The summed E-state index contributed by atoms with van der Waals surface area (Å²) in [6.45, 7) is 0.540. The molecule has 2 heterocycles. The lowest BCUT2D eigenvalue weighted by Gasteiger charge is -2.03. The van der Waals surface area contributed by atoms with Crippen molar-refractivity contribution in [3.05, 3.63) is 35.2 Å². The fourth-order valence-electron chi connectivity index (χ4n) is 2.19. The summed E-state index contributed by atoms with van der Waals surface area (Å²) < 4.78 is 7.46. The van der Waals surface area contributed by atoms with Gasteiger partial charge in [0.1, 0.15) is 10.6 Å². The zero-order valence-electron chi connectivity index (χ0n) is 10.9. The summed E-state index contributed by atoms with van der Waals surface area (Å²) in [5.74, 6) is 1.79. The Labute approximate surface area is 115 Å². The molecule has 4 nitrogen and oxygen atoms in total. The van der Waals surface area contributed by atoms with Gasteiger partial charge in [-0.1, -0.05) is 6.07 Å². The number of imidazole rings is 1. The summed E-state index contributed by atoms with van der Waals surface area (Å²) in [7, 11) is 3.70. The average Bonchev–Trinajstić information content (AvgIpc) is 3.03. The van der Waals surface area contributed by atoms with E-state index in [4.69, 9.17) is 15.5 Å². The molecule has 0 aliphatic carbocycles. The van der Waals surface area contributed by atoms with Crippen LogP contribution in [0.15, 0.2) is 29.6 Å². The number of aromatic nitrogens is 2. The van der Waals surface area contributed by atoms with Crippen LogP contribution in [0.4, 0.5) is 0 Å². The zero-order valence-corrected chi connectivity index (χ0v) is 11.7. The van der Waals surface area contributed by atoms with Crippen LogP contribution in [0, 0.1) is 0 Å². The topological polar surface area (TPSA) is 53.1 Å². The molecule has 98 valence electrons. The highest BCUT2D eigenvalue weighted by molar-refractivity contribution is 7.13. The number of hydrogen-bond donors (Lipinski definition) is 1. The van der Waals surface area contributed by atoms with E-state index in [1.165, 1.54) is 0 Å². The minimum Gasteiger partial charge on any atom is -0.495 e. The van der Waals surface area contributed by atoms with Gasteiger partial charge in [-0.15, -0.1) is 11.3 Å². The minimum absolute atomic E-state index is 0.540. The lowest BCUT2D eigenvalue weighted by molar-refractivity contribution is 0.418. The van der Waals surface area contributed by atoms with Gasteiger partial charge in [0.25, 0.3) is 0 Å². The van der Waals surface area contributed by atoms with Gasteiger partial charge in [-0.2, -0.15) is 0 Å². The Balaban J connectivity index is 2.22. The van der Waals surface area contributed by atoms with E-state index < -0.39 is 0 Å². The largest absolute Gasteiger partial charge is 0.495 e. The lowest BCUT2D eigenvalue weighted by Crippen LogP contribution is -1.97. The third kappa shape index (κ3) is 1.91. The highest BCUT2D eigenvalue weighted by atomic mass is 32.1. The van der Waals surface area contributed by atoms with Crippen molar-refractivity contribution >= 4 is 22.4 Å². The van der Waals surface area contributed by atoms with Gasteiger partial charge >= 0.3 is 0 Å². The van der Waals surface area contributed by atoms with Gasteiger partial charge in [-0.05, 0) is 29.1 Å². The number of hydrogen-bond acceptors (Lipinski definition) is 4. The summed E-state index contributed by atoms with van der Waals surface area (Å²) >= 11 is 1.63. The maximum Gasteiger partial charge on any atom is 0.154 e. The molecule has 0 radical (unpaired) electrons. The molecular formula is C14H15N3OS. The second-order valence-electron chi connectivity index (χ2n) is 4.34. The van der Waals surface area contributed by atoms with Crippen molar-refractivity contribution in [1.29, 1.82) is 0 Å². The van der Waals surface area contributed by atoms with Crippen LogP contribution in [0.5, 0.6) is 5.75 Å². The van der Waals surface area contributed by atoms with E-state index in [9.17, 15) is 0 Å². The van der Waals surface area contributed by atoms with Crippen LogP contribution >= 0.6 is 11.3 Å². The number of benzene rings is 1. The Morgan fingerprint density at radius 3 is 2.95 bits per heavy atom. The average molecular weight is 273 g/mol. The minimum atomic E-state index is 0.540. The molecular weight excluding hydrogens is 258 g/mol. The van der Waals surface area contributed by atoms with Gasteiger partial charge in [0, 0.05) is 13.6 Å². The zero-order chi connectivity index (χ0) is 13.4. The second-order valence-corrected chi connectivity index (χ2v) is 5.26. The van der Waals surface area contributed by atoms with Gasteiger partial charge in [-0.3, -0.25) is 0 Å². The maximum atomic E-state index is 5.69. The predicted molar refractivity (Wildman–Crippen MR) is 78.5 cm³/mol. The van der Waals surface area contributed by atoms with Crippen molar-refractivity contribution < 1.29 is 4.74 Å². The van der Waals surface area contributed by atoms with Crippen LogP contribution in [0.25, 0.3) is 21.7 Å². The van der Waals surface area contributed by atoms with E-state index in [-0.39, 0.29) is 0 Å². The Morgan fingerprint density at radius 2 is 2.21 bits per heavy atom. The number of nitrogens with zero attached hydrogens (tertiary/aromatic N) is 2. The van der Waals surface area contributed by atoms with Crippen LogP contribution in [-0.2, 0) is 13.6 Å². The predicted octanol–water partition coefficient (Wildman–Crippen LogP) is 2.77. The molecule has 1 aromatic carbocycles. The van der Waals surface area contributed by atoms with E-state index in [2.05, 4.69) is 10.6 Å². The first kappa shape index (κ1) is 12.2. The SMILES string of the molecule is COc1ccsc1-c1nc2ccc(CN)cc2n1C. The molecule has 0 aliphatic rings. The van der Waals surface area contributed by atoms with Crippen molar-refractivity contribution in [1.82, 2.24) is 9.55 Å². The van der Waals surface area contributed by atoms with Crippen LogP contribution in [0.3, 0.4) is 0 Å². The quantitative estimate of drug-likeness (QED) is 0.798. The lowest BCUT2D eigenvalue weighted by atomic mass is 10.2. The summed E-state index contributed by atoms with van der Waals surface area (Å²) in [6, 6.07) is 8.09. The Hall–Kier alpha value is -1.85. The van der Waals surface area contributed by atoms with E-state index in [0.29, 0.717) is 6.54 Å². The molecule has 0 saturated heterocycles. The van der Waals surface area contributed by atoms with Crippen LogP contribution in [0.1, 0.15) is 5.56 Å². The van der Waals surface area contributed by atoms with Gasteiger partial charge in [0.2, 0.25) is 0 Å². The van der Waals surface area contributed by atoms with Crippen LogP contribution in [-0.4, -0.2) is 16.7 Å². The molecule has 3 rings (SSSR count). The number of ether oxygens (including phenoxy) is 1. The molecule has 0 unspecified atom stereocenters. The molecule has 3 aromatic rings. The van der Waals surface area contributed by atoms with Crippen molar-refractivity contribution in [3.63, 3.8) is 0 Å². The molecule has 0 spiro atoms. The third-order valence-corrected chi connectivity index (χ3v) is 4.12. The number of nitrogens with two attached hydrogens (primary N) is 1. The smallest absolute Gasteiger partial charge is 0.154 e. The summed E-state index contributed by atoms with van der Waals surface area (Å²) in [4.78, 5) is 5.74. The molecule has 0 atom stereocenters. The monoisotopic (exact) mass is 273 g/mol. The molecule has 0 amide bonds. The molecule has 0 bridgehead atoms. The van der Waals surface area contributed by atoms with Crippen molar-refractivity contribution in [2.75, 3.05) is 7.11 Å². The molecule has 0 saturated carbocycles.